The third kappa shape index (κ3) is 1.74. The lowest BCUT2D eigenvalue weighted by Gasteiger charge is -2.62. The zero-order chi connectivity index (χ0) is 15.5. The summed E-state index contributed by atoms with van der Waals surface area (Å²) in [6.07, 6.45) is 2.68. The number of carboxylic acid groups (broad SMARTS) is 1. The third-order valence-corrected chi connectivity index (χ3v) is 5.76. The molecule has 21 heavy (non-hydrogen) atoms. The van der Waals surface area contributed by atoms with Crippen molar-refractivity contribution in [1.29, 1.82) is 0 Å². The van der Waals surface area contributed by atoms with Crippen LogP contribution in [0.4, 0.5) is 0 Å². The highest BCUT2D eigenvalue weighted by Crippen LogP contribution is 2.70. The zero-order valence-electron chi connectivity index (χ0n) is 12.3. The molecule has 0 saturated heterocycles. The monoisotopic (exact) mass is 296 g/mol. The maximum absolute atomic E-state index is 12.3. The van der Waals surface area contributed by atoms with Gasteiger partial charge in [-0.25, -0.2) is 0 Å². The van der Waals surface area contributed by atoms with Crippen LogP contribution in [0.15, 0.2) is 0 Å². The minimum Gasteiger partial charge on any atom is -0.481 e. The quantitative estimate of drug-likeness (QED) is 0.791. The van der Waals surface area contributed by atoms with E-state index in [1.54, 1.807) is 0 Å². The lowest BCUT2D eigenvalue weighted by Crippen LogP contribution is -2.63. The van der Waals surface area contributed by atoms with E-state index in [2.05, 4.69) is 0 Å². The number of carbonyl (C=O) groups excluding carboxylic acids is 2. The Morgan fingerprint density at radius 2 is 1.24 bits per heavy atom. The second kappa shape index (κ2) is 4.21. The molecule has 6 nitrogen and oxygen atoms in total. The van der Waals surface area contributed by atoms with Crippen molar-refractivity contribution in [3.63, 3.8) is 0 Å². The molecule has 0 radical (unpaired) electrons. The molecule has 0 heterocycles. The molecule has 0 spiro atoms. The first-order valence-electron chi connectivity index (χ1n) is 7.22. The fourth-order valence-corrected chi connectivity index (χ4v) is 5.56. The minimum absolute atomic E-state index is 0.0653. The van der Waals surface area contributed by atoms with Gasteiger partial charge in [0.2, 0.25) is 0 Å². The summed E-state index contributed by atoms with van der Waals surface area (Å²) in [5.41, 5.74) is -2.69. The Labute approximate surface area is 122 Å². The number of hydrogen-bond donors (Lipinski definition) is 1. The van der Waals surface area contributed by atoms with Crippen LogP contribution in [0, 0.1) is 22.2 Å². The second-order valence-electron chi connectivity index (χ2n) is 7.14. The minimum atomic E-state index is -0.998. The van der Waals surface area contributed by atoms with Crippen LogP contribution in [0.25, 0.3) is 0 Å². The van der Waals surface area contributed by atoms with Crippen molar-refractivity contribution in [2.24, 2.45) is 22.2 Å². The van der Waals surface area contributed by atoms with Crippen LogP contribution < -0.4 is 0 Å². The van der Waals surface area contributed by atoms with Gasteiger partial charge in [-0.15, -0.1) is 0 Å². The summed E-state index contributed by atoms with van der Waals surface area (Å²) in [6.45, 7) is 0. The number of esters is 2. The number of carboxylic acids is 1. The van der Waals surface area contributed by atoms with Crippen molar-refractivity contribution in [1.82, 2.24) is 0 Å². The van der Waals surface area contributed by atoms with Crippen molar-refractivity contribution in [2.45, 2.75) is 38.5 Å². The zero-order valence-corrected chi connectivity index (χ0v) is 12.3. The fourth-order valence-electron chi connectivity index (χ4n) is 5.56. The molecule has 4 saturated carbocycles. The number of rotatable bonds is 3. The molecule has 0 aromatic carbocycles. The van der Waals surface area contributed by atoms with Crippen LogP contribution in [0.2, 0.25) is 0 Å². The molecular weight excluding hydrogens is 276 g/mol. The molecule has 2 atom stereocenters. The summed E-state index contributed by atoms with van der Waals surface area (Å²) < 4.78 is 9.87. The van der Waals surface area contributed by atoms with Crippen molar-refractivity contribution in [2.75, 3.05) is 14.2 Å². The van der Waals surface area contributed by atoms with Crippen molar-refractivity contribution >= 4 is 17.9 Å². The molecule has 0 aromatic rings. The van der Waals surface area contributed by atoms with E-state index in [1.807, 2.05) is 0 Å². The second-order valence-corrected chi connectivity index (χ2v) is 7.14. The van der Waals surface area contributed by atoms with E-state index in [0.717, 1.165) is 0 Å². The van der Waals surface area contributed by atoms with Gasteiger partial charge in [0, 0.05) is 0 Å². The Balaban J connectivity index is 2.10. The highest BCUT2D eigenvalue weighted by atomic mass is 16.5. The van der Waals surface area contributed by atoms with Gasteiger partial charge in [0.25, 0.3) is 0 Å². The van der Waals surface area contributed by atoms with Gasteiger partial charge >= 0.3 is 17.9 Å². The van der Waals surface area contributed by atoms with Crippen LogP contribution in [0.3, 0.4) is 0 Å². The molecule has 0 amide bonds. The molecule has 116 valence electrons. The van der Waals surface area contributed by atoms with Gasteiger partial charge in [-0.3, -0.25) is 14.4 Å². The van der Waals surface area contributed by atoms with Gasteiger partial charge in [-0.05, 0) is 44.4 Å². The van der Waals surface area contributed by atoms with E-state index >= 15 is 0 Å². The lowest BCUT2D eigenvalue weighted by molar-refractivity contribution is -0.211. The lowest BCUT2D eigenvalue weighted by atomic mass is 9.39. The maximum atomic E-state index is 12.3. The van der Waals surface area contributed by atoms with E-state index in [-0.39, 0.29) is 30.7 Å². The number of methoxy groups -OCH3 is 2. The predicted molar refractivity (Wildman–Crippen MR) is 70.2 cm³/mol. The van der Waals surface area contributed by atoms with Crippen molar-refractivity contribution in [3.05, 3.63) is 0 Å². The van der Waals surface area contributed by atoms with E-state index < -0.39 is 22.2 Å². The van der Waals surface area contributed by atoms with Crippen molar-refractivity contribution < 1.29 is 29.0 Å². The summed E-state index contributed by atoms with van der Waals surface area (Å²) in [5, 5.41) is 9.71. The average molecular weight is 296 g/mol. The molecule has 4 aliphatic carbocycles. The van der Waals surface area contributed by atoms with Crippen LogP contribution in [-0.2, 0) is 23.9 Å². The first kappa shape index (κ1) is 14.4. The molecule has 4 fully saturated rings. The molecule has 1 N–H and O–H groups in total. The molecule has 4 aliphatic rings. The van der Waals surface area contributed by atoms with Gasteiger partial charge in [0.05, 0.1) is 30.5 Å². The normalized spacial score (nSPS) is 43.4. The van der Waals surface area contributed by atoms with Crippen LogP contribution >= 0.6 is 0 Å². The highest BCUT2D eigenvalue weighted by Gasteiger charge is 2.70. The van der Waals surface area contributed by atoms with Gasteiger partial charge in [0.1, 0.15) is 0 Å². The molecule has 4 rings (SSSR count). The summed E-state index contributed by atoms with van der Waals surface area (Å²) in [6, 6.07) is 0. The molecule has 2 unspecified atom stereocenters. The SMILES string of the molecule is COC(=O)C12CC3CC(C(=O)O)(C1)CC(C(=O)OC)(C3)C2. The molecule has 4 bridgehead atoms. The third-order valence-electron chi connectivity index (χ3n) is 5.76. The average Bonchev–Trinajstić information content (AvgIpc) is 2.43. The largest absolute Gasteiger partial charge is 0.481 e. The number of carbonyl (C=O) groups is 3. The van der Waals surface area contributed by atoms with Crippen LogP contribution in [0.5, 0.6) is 0 Å². The maximum Gasteiger partial charge on any atom is 0.311 e. The van der Waals surface area contributed by atoms with E-state index in [4.69, 9.17) is 9.47 Å². The number of hydrogen-bond acceptors (Lipinski definition) is 5. The smallest absolute Gasteiger partial charge is 0.311 e. The summed E-state index contributed by atoms with van der Waals surface area (Å²) in [5.74, 6) is -1.61. The first-order chi connectivity index (χ1) is 9.81. The van der Waals surface area contributed by atoms with Crippen LogP contribution in [0.1, 0.15) is 38.5 Å². The van der Waals surface area contributed by atoms with Gasteiger partial charge in [0.15, 0.2) is 0 Å². The van der Waals surface area contributed by atoms with E-state index in [9.17, 15) is 19.5 Å². The standard InChI is InChI=1S/C15H20O6/c1-20-11(18)14-4-9-3-13(6-14,10(16)17)7-15(5-9,8-14)12(19)21-2/h9H,3-8H2,1-2H3,(H,16,17). The molecule has 0 aliphatic heterocycles. The summed E-state index contributed by atoms with van der Waals surface area (Å²) in [4.78, 5) is 36.5. The molecule has 6 heteroatoms. The van der Waals surface area contributed by atoms with E-state index in [1.165, 1.54) is 14.2 Å². The highest BCUT2D eigenvalue weighted by molar-refractivity contribution is 5.87. The molecular formula is C15H20O6. The Hall–Kier alpha value is -1.59. The Bertz CT molecular complexity index is 492. The Kier molecular flexibility index (Phi) is 2.88. The van der Waals surface area contributed by atoms with Gasteiger partial charge < -0.3 is 14.6 Å². The Morgan fingerprint density at radius 3 is 1.62 bits per heavy atom. The van der Waals surface area contributed by atoms with Crippen LogP contribution in [-0.4, -0.2) is 37.2 Å². The van der Waals surface area contributed by atoms with Crippen molar-refractivity contribution in [3.8, 4) is 0 Å². The van der Waals surface area contributed by atoms with E-state index in [0.29, 0.717) is 25.7 Å². The number of aliphatic carboxylic acids is 1. The topological polar surface area (TPSA) is 89.9 Å². The predicted octanol–water partition coefficient (Wildman–Crippen LogP) is 1.37. The van der Waals surface area contributed by atoms with Gasteiger partial charge in [-0.2, -0.15) is 0 Å². The number of ether oxygens (including phenoxy) is 2. The Morgan fingerprint density at radius 1 is 0.857 bits per heavy atom. The first-order valence-corrected chi connectivity index (χ1v) is 7.22. The fraction of sp³-hybridized carbons (Fsp3) is 0.800. The molecule has 0 aromatic heterocycles. The van der Waals surface area contributed by atoms with Gasteiger partial charge in [-0.1, -0.05) is 0 Å². The summed E-state index contributed by atoms with van der Waals surface area (Å²) >= 11 is 0. The summed E-state index contributed by atoms with van der Waals surface area (Å²) in [7, 11) is 2.64.